The zero-order chi connectivity index (χ0) is 11.9. The van der Waals surface area contributed by atoms with Gasteiger partial charge in [-0.3, -0.25) is 0 Å². The van der Waals surface area contributed by atoms with E-state index in [1.54, 1.807) is 0 Å². The Morgan fingerprint density at radius 3 is 2.13 bits per heavy atom. The number of hydrogen-bond donors (Lipinski definition) is 2. The quantitative estimate of drug-likeness (QED) is 0.705. The second-order valence-electron chi connectivity index (χ2n) is 5.00. The number of rotatable bonds is 1. The van der Waals surface area contributed by atoms with Gasteiger partial charge in [-0.2, -0.15) is 0 Å². The summed E-state index contributed by atoms with van der Waals surface area (Å²) in [6, 6.07) is 0. The molecule has 3 heteroatoms. The fraction of sp³-hybridized carbons (Fsp3) is 0.750. The largest absolute Gasteiger partial charge is 0.478 e. The first kappa shape index (κ1) is 14.2. The number of aliphatic carboxylic acids is 1. The highest BCUT2D eigenvalue weighted by atomic mass is 16.4. The molecule has 1 aliphatic carbocycles. The molecule has 0 radical (unpaired) electrons. The highest BCUT2D eigenvalue weighted by Gasteiger charge is 2.08. The monoisotopic (exact) mass is 214 g/mol. The highest BCUT2D eigenvalue weighted by Crippen LogP contribution is 2.16. The molecule has 0 aromatic carbocycles. The maximum Gasteiger partial charge on any atom is 0.331 e. The van der Waals surface area contributed by atoms with Gasteiger partial charge in [-0.25, -0.2) is 4.79 Å². The van der Waals surface area contributed by atoms with Crippen molar-refractivity contribution >= 4 is 5.97 Å². The molecule has 3 nitrogen and oxygen atoms in total. The van der Waals surface area contributed by atoms with E-state index in [2.05, 4.69) is 0 Å². The number of carbonyl (C=O) groups is 1. The smallest absolute Gasteiger partial charge is 0.331 e. The molecule has 88 valence electrons. The van der Waals surface area contributed by atoms with E-state index >= 15 is 0 Å². The normalized spacial score (nSPS) is 16.1. The maximum absolute atomic E-state index is 10.3. The van der Waals surface area contributed by atoms with E-state index in [0.717, 1.165) is 25.7 Å². The molecule has 0 aliphatic heterocycles. The minimum Gasteiger partial charge on any atom is -0.478 e. The van der Waals surface area contributed by atoms with Crippen molar-refractivity contribution in [1.82, 2.24) is 0 Å². The SMILES string of the molecule is CC(C)(C)CO.O=C(O)C1=CCCCC1. The van der Waals surface area contributed by atoms with Gasteiger partial charge >= 0.3 is 5.97 Å². The molecule has 0 bridgehead atoms. The van der Waals surface area contributed by atoms with Gasteiger partial charge in [0.15, 0.2) is 0 Å². The summed E-state index contributed by atoms with van der Waals surface area (Å²) < 4.78 is 0. The number of aliphatic hydroxyl groups excluding tert-OH is 1. The van der Waals surface area contributed by atoms with Gasteiger partial charge in [0.05, 0.1) is 0 Å². The van der Waals surface area contributed by atoms with Gasteiger partial charge in [-0.05, 0) is 31.1 Å². The molecule has 15 heavy (non-hydrogen) atoms. The Balaban J connectivity index is 0.000000288. The molecule has 0 spiro atoms. The van der Waals surface area contributed by atoms with Gasteiger partial charge in [0, 0.05) is 12.2 Å². The number of carboxylic acids is 1. The van der Waals surface area contributed by atoms with Crippen molar-refractivity contribution in [2.75, 3.05) is 6.61 Å². The van der Waals surface area contributed by atoms with Crippen LogP contribution in [0.2, 0.25) is 0 Å². The first-order valence-electron chi connectivity index (χ1n) is 5.40. The molecule has 0 fully saturated rings. The average molecular weight is 214 g/mol. The van der Waals surface area contributed by atoms with E-state index in [4.69, 9.17) is 10.2 Å². The van der Waals surface area contributed by atoms with Crippen LogP contribution in [0, 0.1) is 5.41 Å². The topological polar surface area (TPSA) is 57.5 Å². The molecule has 0 amide bonds. The fourth-order valence-corrected chi connectivity index (χ4v) is 1.03. The Hall–Kier alpha value is -0.830. The van der Waals surface area contributed by atoms with E-state index in [9.17, 15) is 4.79 Å². The summed E-state index contributed by atoms with van der Waals surface area (Å²) in [6.45, 7) is 6.25. The summed E-state index contributed by atoms with van der Waals surface area (Å²) in [7, 11) is 0. The Labute approximate surface area is 91.8 Å². The van der Waals surface area contributed by atoms with Crippen molar-refractivity contribution in [3.8, 4) is 0 Å². The third-order valence-corrected chi connectivity index (χ3v) is 2.04. The van der Waals surface area contributed by atoms with Crippen LogP contribution in [0.15, 0.2) is 11.6 Å². The van der Waals surface area contributed by atoms with Crippen molar-refractivity contribution in [2.45, 2.75) is 46.5 Å². The molecule has 0 aromatic rings. The van der Waals surface area contributed by atoms with Gasteiger partial charge in [0.2, 0.25) is 0 Å². The van der Waals surface area contributed by atoms with Gasteiger partial charge in [-0.1, -0.05) is 26.8 Å². The molecule has 0 heterocycles. The standard InChI is InChI=1S/C7H10O2.C5H12O/c8-7(9)6-4-2-1-3-5-6;1-5(2,3)4-6/h4H,1-3,5H2,(H,8,9);6H,4H2,1-3H3. The fourth-order valence-electron chi connectivity index (χ4n) is 1.03. The van der Waals surface area contributed by atoms with Crippen LogP contribution in [0.3, 0.4) is 0 Å². The zero-order valence-corrected chi connectivity index (χ0v) is 9.92. The van der Waals surface area contributed by atoms with Crippen LogP contribution in [-0.2, 0) is 4.79 Å². The van der Waals surface area contributed by atoms with Crippen LogP contribution >= 0.6 is 0 Å². The molecule has 0 saturated heterocycles. The van der Waals surface area contributed by atoms with Crippen LogP contribution in [-0.4, -0.2) is 22.8 Å². The van der Waals surface area contributed by atoms with Crippen molar-refractivity contribution in [3.63, 3.8) is 0 Å². The Morgan fingerprint density at radius 1 is 1.40 bits per heavy atom. The second kappa shape index (κ2) is 6.62. The van der Waals surface area contributed by atoms with Crippen molar-refractivity contribution in [3.05, 3.63) is 11.6 Å². The lowest BCUT2D eigenvalue weighted by Crippen LogP contribution is -2.09. The Morgan fingerprint density at radius 2 is 1.93 bits per heavy atom. The van der Waals surface area contributed by atoms with E-state index in [1.807, 2.05) is 26.8 Å². The molecule has 0 unspecified atom stereocenters. The molecule has 0 atom stereocenters. The van der Waals surface area contributed by atoms with E-state index in [0.29, 0.717) is 5.57 Å². The third-order valence-electron chi connectivity index (χ3n) is 2.04. The van der Waals surface area contributed by atoms with Crippen LogP contribution in [0.1, 0.15) is 46.5 Å². The van der Waals surface area contributed by atoms with Crippen LogP contribution < -0.4 is 0 Å². The first-order chi connectivity index (χ1) is 6.87. The molecule has 1 aliphatic rings. The molecule has 2 N–H and O–H groups in total. The first-order valence-corrected chi connectivity index (χ1v) is 5.40. The lowest BCUT2D eigenvalue weighted by molar-refractivity contribution is -0.132. The summed E-state index contributed by atoms with van der Waals surface area (Å²) in [5.41, 5.74) is 0.696. The number of allylic oxidation sites excluding steroid dienone is 1. The summed E-state index contributed by atoms with van der Waals surface area (Å²) in [4.78, 5) is 10.3. The van der Waals surface area contributed by atoms with Crippen molar-refractivity contribution in [2.24, 2.45) is 5.41 Å². The van der Waals surface area contributed by atoms with Crippen LogP contribution in [0.4, 0.5) is 0 Å². The summed E-state index contributed by atoms with van der Waals surface area (Å²) in [5.74, 6) is -0.741. The van der Waals surface area contributed by atoms with Crippen LogP contribution in [0.5, 0.6) is 0 Å². The van der Waals surface area contributed by atoms with Gasteiger partial charge in [0.25, 0.3) is 0 Å². The highest BCUT2D eigenvalue weighted by molar-refractivity contribution is 5.86. The predicted octanol–water partition coefficient (Wildman–Crippen LogP) is 2.60. The number of carboxylic acid groups (broad SMARTS) is 1. The van der Waals surface area contributed by atoms with Gasteiger partial charge in [0.1, 0.15) is 0 Å². The molecular weight excluding hydrogens is 192 g/mol. The third kappa shape index (κ3) is 8.18. The van der Waals surface area contributed by atoms with E-state index < -0.39 is 5.97 Å². The molecule has 0 aromatic heterocycles. The minimum absolute atomic E-state index is 0.0972. The summed E-state index contributed by atoms with van der Waals surface area (Å²) in [6.07, 6.45) is 5.72. The van der Waals surface area contributed by atoms with Crippen molar-refractivity contribution in [1.29, 1.82) is 0 Å². The van der Waals surface area contributed by atoms with E-state index in [-0.39, 0.29) is 12.0 Å². The summed E-state index contributed by atoms with van der Waals surface area (Å²) in [5, 5.41) is 16.9. The Kier molecular flexibility index (Phi) is 6.25. The van der Waals surface area contributed by atoms with Crippen molar-refractivity contribution < 1.29 is 15.0 Å². The predicted molar refractivity (Wildman–Crippen MR) is 60.7 cm³/mol. The zero-order valence-electron chi connectivity index (χ0n) is 9.92. The van der Waals surface area contributed by atoms with Gasteiger partial charge in [-0.15, -0.1) is 0 Å². The lowest BCUT2D eigenvalue weighted by Gasteiger charge is -2.11. The minimum atomic E-state index is -0.741. The van der Waals surface area contributed by atoms with E-state index in [1.165, 1.54) is 0 Å². The second-order valence-corrected chi connectivity index (χ2v) is 5.00. The maximum atomic E-state index is 10.3. The number of hydrogen-bond acceptors (Lipinski definition) is 2. The van der Waals surface area contributed by atoms with Crippen LogP contribution in [0.25, 0.3) is 0 Å². The summed E-state index contributed by atoms with van der Waals surface area (Å²) >= 11 is 0. The lowest BCUT2D eigenvalue weighted by atomic mass is 9.99. The Bertz CT molecular complexity index is 224. The molecule has 0 saturated carbocycles. The molecule has 1 rings (SSSR count). The van der Waals surface area contributed by atoms with Gasteiger partial charge < -0.3 is 10.2 Å². The average Bonchev–Trinajstić information content (AvgIpc) is 2.19. The molecular formula is C12H22O3. The number of aliphatic hydroxyl groups is 1.